The fraction of sp³-hybridized carbons (Fsp3) is 0.600. The molecule has 0 bridgehead atoms. The lowest BCUT2D eigenvalue weighted by atomic mass is 10.3. The van der Waals surface area contributed by atoms with Crippen LogP contribution >= 0.6 is 0 Å². The van der Waals surface area contributed by atoms with Gasteiger partial charge in [-0.2, -0.15) is 5.10 Å². The van der Waals surface area contributed by atoms with Gasteiger partial charge in [-0.3, -0.25) is 9.48 Å². The molecule has 0 saturated heterocycles. The Bertz CT molecular complexity index is 345. The molecular formula is C10H18N4O. The molecule has 1 amide bonds. The third-order valence-corrected chi connectivity index (χ3v) is 2.13. The minimum Gasteiger partial charge on any atom is -0.371 e. The molecule has 0 aliphatic carbocycles. The first-order valence-corrected chi connectivity index (χ1v) is 5.09. The van der Waals surface area contributed by atoms with Crippen LogP contribution < -0.4 is 10.6 Å². The SMILES string of the molecule is CCNC(=O)C(C)Nc1cn(C)nc1C. The molecule has 1 aromatic rings. The van der Waals surface area contributed by atoms with Gasteiger partial charge in [0.1, 0.15) is 6.04 Å². The molecule has 0 aliphatic heterocycles. The number of nitrogens with zero attached hydrogens (tertiary/aromatic N) is 2. The molecule has 0 fully saturated rings. The molecule has 5 heteroatoms. The van der Waals surface area contributed by atoms with Gasteiger partial charge in [-0.25, -0.2) is 0 Å². The Morgan fingerprint density at radius 3 is 2.80 bits per heavy atom. The van der Waals surface area contributed by atoms with Crippen LogP contribution in [-0.4, -0.2) is 28.3 Å². The molecule has 0 aromatic carbocycles. The number of carbonyl (C=O) groups excluding carboxylic acids is 1. The van der Waals surface area contributed by atoms with Crippen LogP contribution in [-0.2, 0) is 11.8 Å². The minimum atomic E-state index is -0.243. The highest BCUT2D eigenvalue weighted by atomic mass is 16.2. The zero-order valence-electron chi connectivity index (χ0n) is 9.66. The van der Waals surface area contributed by atoms with Crippen LogP contribution in [0.15, 0.2) is 6.20 Å². The summed E-state index contributed by atoms with van der Waals surface area (Å²) < 4.78 is 1.72. The van der Waals surface area contributed by atoms with Crippen LogP contribution in [0.5, 0.6) is 0 Å². The van der Waals surface area contributed by atoms with Crippen molar-refractivity contribution in [2.24, 2.45) is 7.05 Å². The summed E-state index contributed by atoms with van der Waals surface area (Å²) in [6.07, 6.45) is 1.87. The Balaban J connectivity index is 2.61. The number of nitrogens with one attached hydrogen (secondary N) is 2. The van der Waals surface area contributed by atoms with Crippen LogP contribution in [0.4, 0.5) is 5.69 Å². The van der Waals surface area contributed by atoms with Crippen LogP contribution in [0.25, 0.3) is 0 Å². The first kappa shape index (κ1) is 11.6. The van der Waals surface area contributed by atoms with Crippen molar-refractivity contribution >= 4 is 11.6 Å². The third-order valence-electron chi connectivity index (χ3n) is 2.13. The smallest absolute Gasteiger partial charge is 0.242 e. The maximum absolute atomic E-state index is 11.5. The molecule has 1 unspecified atom stereocenters. The highest BCUT2D eigenvalue weighted by molar-refractivity contribution is 5.84. The lowest BCUT2D eigenvalue weighted by Crippen LogP contribution is -2.37. The summed E-state index contributed by atoms with van der Waals surface area (Å²) in [5.74, 6) is 0.000697. The lowest BCUT2D eigenvalue weighted by Gasteiger charge is -2.13. The van der Waals surface area contributed by atoms with Gasteiger partial charge in [-0.15, -0.1) is 0 Å². The number of aryl methyl sites for hydroxylation is 2. The monoisotopic (exact) mass is 210 g/mol. The molecule has 0 radical (unpaired) electrons. The van der Waals surface area contributed by atoms with E-state index in [1.165, 1.54) is 0 Å². The van der Waals surface area contributed by atoms with Crippen molar-refractivity contribution in [2.45, 2.75) is 26.8 Å². The van der Waals surface area contributed by atoms with Gasteiger partial charge in [0, 0.05) is 19.8 Å². The second-order valence-corrected chi connectivity index (χ2v) is 3.56. The predicted octanol–water partition coefficient (Wildman–Crippen LogP) is 0.665. The number of anilines is 1. The number of likely N-dealkylation sites (N-methyl/N-ethyl adjacent to an activating group) is 1. The molecular weight excluding hydrogens is 192 g/mol. The Kier molecular flexibility index (Phi) is 3.71. The number of amides is 1. The van der Waals surface area contributed by atoms with Crippen molar-refractivity contribution in [1.82, 2.24) is 15.1 Å². The molecule has 2 N–H and O–H groups in total. The number of rotatable bonds is 4. The normalized spacial score (nSPS) is 12.3. The zero-order chi connectivity index (χ0) is 11.4. The average Bonchev–Trinajstić information content (AvgIpc) is 2.45. The van der Waals surface area contributed by atoms with E-state index < -0.39 is 0 Å². The second kappa shape index (κ2) is 4.82. The van der Waals surface area contributed by atoms with Crippen LogP contribution in [0.1, 0.15) is 19.5 Å². The summed E-state index contributed by atoms with van der Waals surface area (Å²) in [4.78, 5) is 11.5. The molecule has 0 saturated carbocycles. The molecule has 1 heterocycles. The average molecular weight is 210 g/mol. The number of carbonyl (C=O) groups is 1. The fourth-order valence-corrected chi connectivity index (χ4v) is 1.37. The number of hydrogen-bond acceptors (Lipinski definition) is 3. The highest BCUT2D eigenvalue weighted by Gasteiger charge is 2.13. The van der Waals surface area contributed by atoms with Crippen molar-refractivity contribution in [3.63, 3.8) is 0 Å². The molecule has 1 aromatic heterocycles. The second-order valence-electron chi connectivity index (χ2n) is 3.56. The van der Waals surface area contributed by atoms with Crippen molar-refractivity contribution < 1.29 is 4.79 Å². The maximum Gasteiger partial charge on any atom is 0.242 e. The number of hydrogen-bond donors (Lipinski definition) is 2. The largest absolute Gasteiger partial charge is 0.371 e. The first-order chi connectivity index (χ1) is 7.04. The van der Waals surface area contributed by atoms with E-state index in [0.717, 1.165) is 11.4 Å². The van der Waals surface area contributed by atoms with Gasteiger partial charge >= 0.3 is 0 Å². The van der Waals surface area contributed by atoms with Gasteiger partial charge in [0.05, 0.1) is 11.4 Å². The molecule has 84 valence electrons. The van der Waals surface area contributed by atoms with Gasteiger partial charge < -0.3 is 10.6 Å². The molecule has 5 nitrogen and oxygen atoms in total. The summed E-state index contributed by atoms with van der Waals surface area (Å²) in [5, 5.41) is 10.1. The van der Waals surface area contributed by atoms with E-state index in [1.807, 2.05) is 34.0 Å². The standard InChI is InChI=1S/C10H18N4O/c1-5-11-10(15)8(3)12-9-6-14(4)13-7(9)2/h6,8,12H,5H2,1-4H3,(H,11,15). The lowest BCUT2D eigenvalue weighted by molar-refractivity contribution is -0.121. The van der Waals surface area contributed by atoms with Crippen LogP contribution in [0, 0.1) is 6.92 Å². The van der Waals surface area contributed by atoms with E-state index in [-0.39, 0.29) is 11.9 Å². The third kappa shape index (κ3) is 2.97. The number of aromatic nitrogens is 2. The van der Waals surface area contributed by atoms with E-state index in [4.69, 9.17) is 0 Å². The van der Waals surface area contributed by atoms with Crippen LogP contribution in [0.3, 0.4) is 0 Å². The quantitative estimate of drug-likeness (QED) is 0.767. The Hall–Kier alpha value is -1.52. The van der Waals surface area contributed by atoms with Crippen LogP contribution in [0.2, 0.25) is 0 Å². The summed E-state index contributed by atoms with van der Waals surface area (Å²) in [5.41, 5.74) is 1.80. The summed E-state index contributed by atoms with van der Waals surface area (Å²) in [6.45, 7) is 6.29. The van der Waals surface area contributed by atoms with E-state index in [9.17, 15) is 4.79 Å². The predicted molar refractivity (Wildman–Crippen MR) is 59.7 cm³/mol. The maximum atomic E-state index is 11.5. The van der Waals surface area contributed by atoms with Gasteiger partial charge in [-0.1, -0.05) is 0 Å². The minimum absolute atomic E-state index is 0.000697. The van der Waals surface area contributed by atoms with E-state index >= 15 is 0 Å². The Morgan fingerprint density at radius 2 is 2.33 bits per heavy atom. The fourth-order valence-electron chi connectivity index (χ4n) is 1.37. The first-order valence-electron chi connectivity index (χ1n) is 5.09. The topological polar surface area (TPSA) is 59.0 Å². The summed E-state index contributed by atoms with van der Waals surface area (Å²) >= 11 is 0. The molecule has 1 atom stereocenters. The summed E-state index contributed by atoms with van der Waals surface area (Å²) in [6, 6.07) is -0.243. The van der Waals surface area contributed by atoms with Crippen molar-refractivity contribution in [3.8, 4) is 0 Å². The van der Waals surface area contributed by atoms with Crippen molar-refractivity contribution in [1.29, 1.82) is 0 Å². The zero-order valence-corrected chi connectivity index (χ0v) is 9.66. The molecule has 0 aliphatic rings. The van der Waals surface area contributed by atoms with Gasteiger partial charge in [0.2, 0.25) is 5.91 Å². The van der Waals surface area contributed by atoms with Gasteiger partial charge in [0.25, 0.3) is 0 Å². The molecule has 15 heavy (non-hydrogen) atoms. The van der Waals surface area contributed by atoms with E-state index in [0.29, 0.717) is 6.54 Å². The Labute approximate surface area is 89.9 Å². The highest BCUT2D eigenvalue weighted by Crippen LogP contribution is 2.12. The van der Waals surface area contributed by atoms with Crippen molar-refractivity contribution in [3.05, 3.63) is 11.9 Å². The van der Waals surface area contributed by atoms with Gasteiger partial charge in [-0.05, 0) is 20.8 Å². The summed E-state index contributed by atoms with van der Waals surface area (Å²) in [7, 11) is 1.86. The molecule has 0 spiro atoms. The van der Waals surface area contributed by atoms with E-state index in [2.05, 4.69) is 15.7 Å². The van der Waals surface area contributed by atoms with Gasteiger partial charge in [0.15, 0.2) is 0 Å². The Morgan fingerprint density at radius 1 is 1.67 bits per heavy atom. The van der Waals surface area contributed by atoms with Crippen molar-refractivity contribution in [2.75, 3.05) is 11.9 Å². The molecule has 1 rings (SSSR count). The van der Waals surface area contributed by atoms with E-state index in [1.54, 1.807) is 4.68 Å².